The molecule has 0 radical (unpaired) electrons. The van der Waals surface area contributed by atoms with E-state index in [1.54, 1.807) is 6.08 Å². The average molecular weight is 365 g/mol. The number of carbonyl (C=O) groups is 2. The molecule has 138 valence electrons. The van der Waals surface area contributed by atoms with Gasteiger partial charge in [-0.15, -0.1) is 0 Å². The zero-order valence-electron chi connectivity index (χ0n) is 14.8. The molecule has 6 nitrogen and oxygen atoms in total. The average Bonchev–Trinajstić information content (AvgIpc) is 3.15. The first kappa shape index (κ1) is 18.4. The van der Waals surface area contributed by atoms with Crippen LogP contribution in [0.2, 0.25) is 0 Å². The summed E-state index contributed by atoms with van der Waals surface area (Å²) in [6.45, 7) is 0.271. The summed E-state index contributed by atoms with van der Waals surface area (Å²) in [7, 11) is 1.30. The summed E-state index contributed by atoms with van der Waals surface area (Å²) in [4.78, 5) is 29.5. The van der Waals surface area contributed by atoms with Crippen LogP contribution in [0.15, 0.2) is 78.4 Å². The monoisotopic (exact) mass is 365 g/mol. The number of hydroxylamine groups is 2. The highest BCUT2D eigenvalue weighted by Gasteiger charge is 2.30. The molecule has 0 saturated carbocycles. The van der Waals surface area contributed by atoms with Crippen molar-refractivity contribution in [3.8, 4) is 0 Å². The van der Waals surface area contributed by atoms with Crippen molar-refractivity contribution in [3.63, 3.8) is 0 Å². The normalized spacial score (nSPS) is 13.9. The molecule has 2 aromatic rings. The molecule has 0 aliphatic carbocycles. The van der Waals surface area contributed by atoms with Gasteiger partial charge in [-0.25, -0.2) is 9.59 Å². The molecule has 0 spiro atoms. The van der Waals surface area contributed by atoms with E-state index in [1.807, 2.05) is 60.7 Å². The number of benzene rings is 2. The van der Waals surface area contributed by atoms with Crippen LogP contribution >= 0.6 is 0 Å². The Bertz CT molecular complexity index is 859. The van der Waals surface area contributed by atoms with Crippen LogP contribution in [0.5, 0.6) is 0 Å². The smallest absolute Gasteiger partial charge is 0.439 e. The van der Waals surface area contributed by atoms with E-state index in [2.05, 4.69) is 4.74 Å². The lowest BCUT2D eigenvalue weighted by Crippen LogP contribution is -2.27. The highest BCUT2D eigenvalue weighted by atomic mass is 16.7. The second-order valence-electron chi connectivity index (χ2n) is 5.70. The number of rotatable bonds is 5. The number of carbonyl (C=O) groups excluding carboxylic acids is 2. The van der Waals surface area contributed by atoms with E-state index in [0.29, 0.717) is 11.3 Å². The van der Waals surface area contributed by atoms with Crippen LogP contribution in [-0.2, 0) is 25.7 Å². The van der Waals surface area contributed by atoms with Crippen molar-refractivity contribution in [1.29, 1.82) is 0 Å². The summed E-state index contributed by atoms with van der Waals surface area (Å²) in [6, 6.07) is 18.7. The molecule has 0 aromatic heterocycles. The fraction of sp³-hybridized carbons (Fsp3) is 0.143. The van der Waals surface area contributed by atoms with Crippen molar-refractivity contribution in [2.45, 2.75) is 6.61 Å². The van der Waals surface area contributed by atoms with Crippen molar-refractivity contribution in [1.82, 2.24) is 5.06 Å². The van der Waals surface area contributed by atoms with Crippen LogP contribution in [0, 0.1) is 0 Å². The van der Waals surface area contributed by atoms with Crippen LogP contribution < -0.4 is 0 Å². The van der Waals surface area contributed by atoms with E-state index in [9.17, 15) is 9.59 Å². The fourth-order valence-corrected chi connectivity index (χ4v) is 2.58. The van der Waals surface area contributed by atoms with Crippen molar-refractivity contribution in [2.75, 3.05) is 13.7 Å². The van der Waals surface area contributed by atoms with Crippen molar-refractivity contribution >= 4 is 17.8 Å². The van der Waals surface area contributed by atoms with Crippen molar-refractivity contribution < 1.29 is 23.9 Å². The Balaban J connectivity index is 1.83. The van der Waals surface area contributed by atoms with E-state index in [1.165, 1.54) is 13.2 Å². The molecule has 1 amide bonds. The molecular weight excluding hydrogens is 346 g/mol. The van der Waals surface area contributed by atoms with E-state index in [-0.39, 0.29) is 13.2 Å². The van der Waals surface area contributed by atoms with Gasteiger partial charge in [-0.05, 0) is 11.6 Å². The molecular formula is C21H19NO5. The molecule has 0 unspecified atom stereocenters. The summed E-state index contributed by atoms with van der Waals surface area (Å²) >= 11 is 0. The summed E-state index contributed by atoms with van der Waals surface area (Å²) < 4.78 is 9.99. The first-order valence-electron chi connectivity index (χ1n) is 8.37. The molecule has 0 fully saturated rings. The van der Waals surface area contributed by atoms with Crippen molar-refractivity contribution in [2.24, 2.45) is 0 Å². The largest absolute Gasteiger partial charge is 0.466 e. The minimum Gasteiger partial charge on any atom is -0.466 e. The number of esters is 1. The number of hydrogen-bond acceptors (Lipinski definition) is 5. The van der Waals surface area contributed by atoms with Gasteiger partial charge in [0.1, 0.15) is 13.2 Å². The minimum atomic E-state index is -0.626. The van der Waals surface area contributed by atoms with E-state index in [4.69, 9.17) is 9.57 Å². The predicted molar refractivity (Wildman–Crippen MR) is 98.9 cm³/mol. The predicted octanol–water partition coefficient (Wildman–Crippen LogP) is 3.71. The zero-order valence-corrected chi connectivity index (χ0v) is 14.8. The Morgan fingerprint density at radius 1 is 1.07 bits per heavy atom. The van der Waals surface area contributed by atoms with Gasteiger partial charge in [0.2, 0.25) is 0 Å². The van der Waals surface area contributed by atoms with Gasteiger partial charge in [0.15, 0.2) is 0 Å². The third-order valence-electron chi connectivity index (χ3n) is 3.90. The van der Waals surface area contributed by atoms with E-state index >= 15 is 0 Å². The lowest BCUT2D eigenvalue weighted by Gasteiger charge is -2.18. The number of methoxy groups -OCH3 is 1. The summed E-state index contributed by atoms with van der Waals surface area (Å²) in [5.74, 6) is -0.486. The lowest BCUT2D eigenvalue weighted by molar-refractivity contribution is -0.134. The Labute approximate surface area is 157 Å². The van der Waals surface area contributed by atoms with Crippen LogP contribution in [0.1, 0.15) is 11.1 Å². The fourth-order valence-electron chi connectivity index (χ4n) is 2.58. The number of nitrogens with zero attached hydrogens (tertiary/aromatic N) is 1. The van der Waals surface area contributed by atoms with Crippen LogP contribution in [0.4, 0.5) is 4.79 Å². The Morgan fingerprint density at radius 3 is 2.41 bits per heavy atom. The summed E-state index contributed by atoms with van der Waals surface area (Å²) in [5.41, 5.74) is 2.86. The Morgan fingerprint density at radius 2 is 1.74 bits per heavy atom. The van der Waals surface area contributed by atoms with Crippen LogP contribution in [-0.4, -0.2) is 30.8 Å². The minimum absolute atomic E-state index is 0.134. The second kappa shape index (κ2) is 8.82. The van der Waals surface area contributed by atoms with Gasteiger partial charge >= 0.3 is 12.1 Å². The molecule has 1 heterocycles. The zero-order chi connectivity index (χ0) is 19.1. The maximum atomic E-state index is 12.6. The summed E-state index contributed by atoms with van der Waals surface area (Å²) in [5, 5.41) is 1.12. The van der Waals surface area contributed by atoms with Gasteiger partial charge < -0.3 is 9.47 Å². The third kappa shape index (κ3) is 4.62. The molecule has 1 aliphatic rings. The highest BCUT2D eigenvalue weighted by molar-refractivity contribution is 5.87. The van der Waals surface area contributed by atoms with E-state index < -0.39 is 12.1 Å². The lowest BCUT2D eigenvalue weighted by atomic mass is 10.1. The molecule has 0 saturated heterocycles. The highest BCUT2D eigenvalue weighted by Crippen LogP contribution is 2.31. The topological polar surface area (TPSA) is 65.1 Å². The Hall–Kier alpha value is -3.38. The number of hydrogen-bond donors (Lipinski definition) is 0. The van der Waals surface area contributed by atoms with Gasteiger partial charge in [0, 0.05) is 17.2 Å². The standard InChI is InChI=1S/C21H19NO5/c1-25-19(23)13-12-18-15-27-22(20(18)17-10-6-3-7-11-17)21(24)26-14-16-8-4-2-5-9-16/h2-13H,14-15H2,1H3/b13-12+. The van der Waals surface area contributed by atoms with Gasteiger partial charge in [-0.3, -0.25) is 4.84 Å². The van der Waals surface area contributed by atoms with Gasteiger partial charge in [-0.2, -0.15) is 5.06 Å². The third-order valence-corrected chi connectivity index (χ3v) is 3.90. The van der Waals surface area contributed by atoms with Gasteiger partial charge in [0.05, 0.1) is 12.8 Å². The number of amides is 1. The van der Waals surface area contributed by atoms with Gasteiger partial charge in [-0.1, -0.05) is 60.7 Å². The molecule has 0 N–H and O–H groups in total. The van der Waals surface area contributed by atoms with Crippen LogP contribution in [0.25, 0.3) is 5.70 Å². The van der Waals surface area contributed by atoms with Gasteiger partial charge in [0.25, 0.3) is 0 Å². The molecule has 27 heavy (non-hydrogen) atoms. The first-order valence-corrected chi connectivity index (χ1v) is 8.37. The quantitative estimate of drug-likeness (QED) is 0.597. The molecule has 0 bridgehead atoms. The van der Waals surface area contributed by atoms with Crippen LogP contribution in [0.3, 0.4) is 0 Å². The number of ether oxygens (including phenoxy) is 2. The second-order valence-corrected chi connectivity index (χ2v) is 5.70. The maximum absolute atomic E-state index is 12.6. The van der Waals surface area contributed by atoms with E-state index in [0.717, 1.165) is 16.2 Å². The maximum Gasteiger partial charge on any atom is 0.439 e. The molecule has 1 aliphatic heterocycles. The first-order chi connectivity index (χ1) is 13.2. The SMILES string of the molecule is COC(=O)/C=C/C1=C(c2ccccc2)N(C(=O)OCc2ccccc2)OC1. The molecule has 0 atom stereocenters. The Kier molecular flexibility index (Phi) is 6.02. The summed E-state index contributed by atoms with van der Waals surface area (Å²) in [6.07, 6.45) is 2.25. The van der Waals surface area contributed by atoms with Crippen molar-refractivity contribution in [3.05, 3.63) is 89.5 Å². The molecule has 6 heteroatoms. The molecule has 3 rings (SSSR count). The molecule has 2 aromatic carbocycles.